The van der Waals surface area contributed by atoms with Crippen molar-refractivity contribution in [2.45, 2.75) is 43.9 Å². The second-order valence-electron chi connectivity index (χ2n) is 7.97. The number of nitrogens with one attached hydrogen (secondary N) is 2. The van der Waals surface area contributed by atoms with E-state index in [9.17, 15) is 4.79 Å². The molecule has 2 heterocycles. The van der Waals surface area contributed by atoms with E-state index in [4.69, 9.17) is 11.6 Å². The van der Waals surface area contributed by atoms with Crippen LogP contribution in [0.4, 0.5) is 11.5 Å². The van der Waals surface area contributed by atoms with Crippen molar-refractivity contribution in [1.82, 2.24) is 15.5 Å². The van der Waals surface area contributed by atoms with Crippen LogP contribution in [0.5, 0.6) is 0 Å². The summed E-state index contributed by atoms with van der Waals surface area (Å²) in [4.78, 5) is 15.4. The van der Waals surface area contributed by atoms with Crippen LogP contribution in [-0.4, -0.2) is 42.3 Å². The van der Waals surface area contributed by atoms with Crippen LogP contribution >= 0.6 is 11.6 Å². The number of carbonyl (C=O) groups is 1. The summed E-state index contributed by atoms with van der Waals surface area (Å²) in [5, 5.41) is 15.4. The molecule has 1 aliphatic carbocycles. The van der Waals surface area contributed by atoms with E-state index in [0.29, 0.717) is 18.1 Å². The van der Waals surface area contributed by atoms with Crippen molar-refractivity contribution >= 4 is 29.0 Å². The smallest absolute Gasteiger partial charge is 0.230 e. The number of aromatic nitrogens is 2. The number of nitrogens with zero attached hydrogens (tertiary/aromatic N) is 3. The SMILES string of the molecule is O=C(NCCNc1cc(N2CCCC2)cnn1)C1(c2ccc(Cl)cc2)CCCC1. The van der Waals surface area contributed by atoms with Gasteiger partial charge in [0, 0.05) is 37.3 Å². The summed E-state index contributed by atoms with van der Waals surface area (Å²) in [6.07, 6.45) is 8.20. The van der Waals surface area contributed by atoms with Crippen molar-refractivity contribution in [3.8, 4) is 0 Å². The second kappa shape index (κ2) is 8.99. The molecule has 1 amide bonds. The average Bonchev–Trinajstić information content (AvgIpc) is 3.45. The number of carbonyl (C=O) groups excluding carboxylic acids is 1. The lowest BCUT2D eigenvalue weighted by Crippen LogP contribution is -2.44. The Bertz CT molecular complexity index is 829. The van der Waals surface area contributed by atoms with Gasteiger partial charge in [0.1, 0.15) is 0 Å². The maximum Gasteiger partial charge on any atom is 0.230 e. The third-order valence-electron chi connectivity index (χ3n) is 6.12. The van der Waals surface area contributed by atoms with Gasteiger partial charge in [-0.1, -0.05) is 36.6 Å². The van der Waals surface area contributed by atoms with Crippen molar-refractivity contribution in [2.24, 2.45) is 0 Å². The molecule has 1 saturated heterocycles. The second-order valence-corrected chi connectivity index (χ2v) is 8.41. The highest BCUT2D eigenvalue weighted by atomic mass is 35.5. The van der Waals surface area contributed by atoms with Gasteiger partial charge in [0.2, 0.25) is 5.91 Å². The van der Waals surface area contributed by atoms with Gasteiger partial charge in [-0.05, 0) is 43.4 Å². The topological polar surface area (TPSA) is 70.2 Å². The molecule has 154 valence electrons. The number of rotatable bonds is 7. The van der Waals surface area contributed by atoms with E-state index in [2.05, 4.69) is 25.7 Å². The molecule has 1 aliphatic heterocycles. The van der Waals surface area contributed by atoms with E-state index < -0.39 is 5.41 Å². The van der Waals surface area contributed by atoms with E-state index in [1.165, 1.54) is 12.8 Å². The molecule has 2 N–H and O–H groups in total. The van der Waals surface area contributed by atoms with Crippen LogP contribution in [0, 0.1) is 0 Å². The molecular weight excluding hydrogens is 386 g/mol. The highest BCUT2D eigenvalue weighted by molar-refractivity contribution is 6.30. The van der Waals surface area contributed by atoms with Gasteiger partial charge in [0.25, 0.3) is 0 Å². The third kappa shape index (κ3) is 4.47. The quantitative estimate of drug-likeness (QED) is 0.676. The summed E-state index contributed by atoms with van der Waals surface area (Å²) in [6, 6.07) is 9.76. The number of hydrogen-bond donors (Lipinski definition) is 2. The Kier molecular flexibility index (Phi) is 6.19. The van der Waals surface area contributed by atoms with Crippen LogP contribution in [0.1, 0.15) is 44.1 Å². The molecule has 0 unspecified atom stereocenters. The van der Waals surface area contributed by atoms with Gasteiger partial charge < -0.3 is 15.5 Å². The van der Waals surface area contributed by atoms with Crippen LogP contribution in [0.3, 0.4) is 0 Å². The lowest BCUT2D eigenvalue weighted by atomic mass is 9.78. The maximum absolute atomic E-state index is 13.1. The Hall–Kier alpha value is -2.34. The van der Waals surface area contributed by atoms with Gasteiger partial charge in [0.15, 0.2) is 5.82 Å². The molecule has 2 aromatic rings. The van der Waals surface area contributed by atoms with Crippen LogP contribution in [0.25, 0.3) is 0 Å². The normalized spacial score (nSPS) is 18.0. The molecular formula is C22H28ClN5O. The van der Waals surface area contributed by atoms with Crippen molar-refractivity contribution in [2.75, 3.05) is 36.4 Å². The fourth-order valence-electron chi connectivity index (χ4n) is 4.52. The zero-order chi connectivity index (χ0) is 20.1. The van der Waals surface area contributed by atoms with Crippen LogP contribution in [0.15, 0.2) is 36.5 Å². The summed E-state index contributed by atoms with van der Waals surface area (Å²) in [6.45, 7) is 3.31. The monoisotopic (exact) mass is 413 g/mol. The summed E-state index contributed by atoms with van der Waals surface area (Å²) in [5.41, 5.74) is 1.74. The minimum atomic E-state index is -0.430. The van der Waals surface area contributed by atoms with Crippen LogP contribution in [0.2, 0.25) is 5.02 Å². The molecule has 2 aliphatic rings. The summed E-state index contributed by atoms with van der Waals surface area (Å²) >= 11 is 6.03. The van der Waals surface area contributed by atoms with Gasteiger partial charge in [-0.2, -0.15) is 5.10 Å². The standard InChI is InChI=1S/C22H28ClN5O/c23-18-7-5-17(6-8-18)22(9-1-2-10-22)21(29)25-12-11-24-20-15-19(16-26-27-20)28-13-3-4-14-28/h5-8,15-16H,1-4,9-14H2,(H,24,27)(H,25,29). The largest absolute Gasteiger partial charge is 0.370 e. The number of anilines is 2. The zero-order valence-electron chi connectivity index (χ0n) is 16.7. The number of amides is 1. The molecule has 1 saturated carbocycles. The van der Waals surface area contributed by atoms with Gasteiger partial charge >= 0.3 is 0 Å². The van der Waals surface area contributed by atoms with E-state index >= 15 is 0 Å². The molecule has 0 atom stereocenters. The molecule has 4 rings (SSSR count). The highest BCUT2D eigenvalue weighted by Gasteiger charge is 2.42. The molecule has 0 radical (unpaired) electrons. The Morgan fingerprint density at radius 3 is 2.52 bits per heavy atom. The van der Waals surface area contributed by atoms with Crippen molar-refractivity contribution in [3.05, 3.63) is 47.1 Å². The maximum atomic E-state index is 13.1. The van der Waals surface area contributed by atoms with Gasteiger partial charge in [-0.25, -0.2) is 0 Å². The summed E-state index contributed by atoms with van der Waals surface area (Å²) in [5.74, 6) is 0.855. The molecule has 1 aromatic heterocycles. The molecule has 1 aromatic carbocycles. The minimum absolute atomic E-state index is 0.107. The first kappa shape index (κ1) is 20.0. The lowest BCUT2D eigenvalue weighted by Gasteiger charge is -2.28. The lowest BCUT2D eigenvalue weighted by molar-refractivity contribution is -0.126. The molecule has 7 heteroatoms. The molecule has 29 heavy (non-hydrogen) atoms. The molecule has 0 spiro atoms. The molecule has 0 bridgehead atoms. The first-order chi connectivity index (χ1) is 14.2. The first-order valence-corrected chi connectivity index (χ1v) is 10.9. The Morgan fingerprint density at radius 1 is 1.07 bits per heavy atom. The Morgan fingerprint density at radius 2 is 1.79 bits per heavy atom. The molecule has 2 fully saturated rings. The van der Waals surface area contributed by atoms with Crippen molar-refractivity contribution in [1.29, 1.82) is 0 Å². The minimum Gasteiger partial charge on any atom is -0.370 e. The first-order valence-electron chi connectivity index (χ1n) is 10.5. The highest BCUT2D eigenvalue weighted by Crippen LogP contribution is 2.41. The number of hydrogen-bond acceptors (Lipinski definition) is 5. The fraction of sp³-hybridized carbons (Fsp3) is 0.500. The average molecular weight is 414 g/mol. The van der Waals surface area contributed by atoms with E-state index in [1.54, 1.807) is 0 Å². The van der Waals surface area contributed by atoms with Crippen molar-refractivity contribution < 1.29 is 4.79 Å². The van der Waals surface area contributed by atoms with Gasteiger partial charge in [-0.15, -0.1) is 5.10 Å². The third-order valence-corrected chi connectivity index (χ3v) is 6.37. The molecule has 6 nitrogen and oxygen atoms in total. The van der Waals surface area contributed by atoms with Gasteiger partial charge in [-0.3, -0.25) is 4.79 Å². The fourth-order valence-corrected chi connectivity index (χ4v) is 4.65. The number of benzene rings is 1. The van der Waals surface area contributed by atoms with E-state index in [1.807, 2.05) is 36.5 Å². The Balaban J connectivity index is 1.32. The summed E-state index contributed by atoms with van der Waals surface area (Å²) in [7, 11) is 0. The van der Waals surface area contributed by atoms with Crippen LogP contribution in [-0.2, 0) is 10.2 Å². The predicted molar refractivity (Wildman–Crippen MR) is 117 cm³/mol. The number of halogens is 1. The van der Waals surface area contributed by atoms with Crippen LogP contribution < -0.4 is 15.5 Å². The van der Waals surface area contributed by atoms with E-state index in [0.717, 1.165) is 55.8 Å². The van der Waals surface area contributed by atoms with Gasteiger partial charge in [0.05, 0.1) is 17.3 Å². The van der Waals surface area contributed by atoms with E-state index in [-0.39, 0.29) is 5.91 Å². The van der Waals surface area contributed by atoms with Crippen molar-refractivity contribution in [3.63, 3.8) is 0 Å². The summed E-state index contributed by atoms with van der Waals surface area (Å²) < 4.78 is 0. The Labute approximate surface area is 177 Å². The predicted octanol–water partition coefficient (Wildman–Crippen LogP) is 3.77. The zero-order valence-corrected chi connectivity index (χ0v) is 17.4.